The molecule has 0 unspecified atom stereocenters. The zero-order valence-electron chi connectivity index (χ0n) is 14.6. The quantitative estimate of drug-likeness (QED) is 0.595. The Morgan fingerprint density at radius 2 is 1.71 bits per heavy atom. The predicted octanol–water partition coefficient (Wildman–Crippen LogP) is 3.19. The van der Waals surface area contributed by atoms with Crippen LogP contribution < -0.4 is 10.1 Å². The minimum atomic E-state index is -4.78. The summed E-state index contributed by atoms with van der Waals surface area (Å²) in [6.45, 7) is 2.73. The molecule has 3 rings (SSSR count). The summed E-state index contributed by atoms with van der Waals surface area (Å²) in [6, 6.07) is 9.15. The van der Waals surface area contributed by atoms with E-state index in [1.807, 2.05) is 0 Å². The van der Waals surface area contributed by atoms with Crippen molar-refractivity contribution in [3.8, 4) is 11.5 Å². The van der Waals surface area contributed by atoms with Gasteiger partial charge in [0.15, 0.2) is 5.75 Å². The van der Waals surface area contributed by atoms with Crippen LogP contribution >= 0.6 is 0 Å². The highest BCUT2D eigenvalue weighted by molar-refractivity contribution is 5.50. The first-order chi connectivity index (χ1) is 13.2. The Hall–Kier alpha value is -2.85. The number of phenols is 1. The number of phenolic OH excluding ortho intramolecular Hbond substituents is 1. The van der Waals surface area contributed by atoms with E-state index < -0.39 is 28.8 Å². The summed E-state index contributed by atoms with van der Waals surface area (Å²) in [6.07, 6.45) is -4.78. The second-order valence-corrected chi connectivity index (χ2v) is 6.31. The van der Waals surface area contributed by atoms with Gasteiger partial charge in [0.25, 0.3) is 0 Å². The summed E-state index contributed by atoms with van der Waals surface area (Å²) < 4.78 is 41.1. The molecule has 0 bridgehead atoms. The molecule has 2 aromatic carbocycles. The molecule has 1 atom stereocenters. The number of halogens is 3. The van der Waals surface area contributed by atoms with Gasteiger partial charge in [0, 0.05) is 32.2 Å². The van der Waals surface area contributed by atoms with Gasteiger partial charge in [-0.3, -0.25) is 15.0 Å². The third-order valence-corrected chi connectivity index (χ3v) is 4.46. The Bertz CT molecular complexity index is 837. The highest BCUT2D eigenvalue weighted by Crippen LogP contribution is 2.35. The number of rotatable bonds is 5. The Morgan fingerprint density at radius 1 is 1.11 bits per heavy atom. The Labute approximate surface area is 158 Å². The van der Waals surface area contributed by atoms with E-state index in [0.29, 0.717) is 37.3 Å². The number of alkyl halides is 3. The van der Waals surface area contributed by atoms with Crippen LogP contribution in [0.25, 0.3) is 0 Å². The number of nitro groups is 1. The van der Waals surface area contributed by atoms with Gasteiger partial charge in [0.2, 0.25) is 0 Å². The molecule has 2 N–H and O–H groups in total. The highest BCUT2D eigenvalue weighted by Gasteiger charge is 2.31. The lowest BCUT2D eigenvalue weighted by Crippen LogP contribution is -2.45. The number of piperazine rings is 1. The minimum absolute atomic E-state index is 0.341. The first-order valence-electron chi connectivity index (χ1n) is 8.52. The van der Waals surface area contributed by atoms with Gasteiger partial charge in [-0.15, -0.1) is 13.2 Å². The smallest absolute Gasteiger partial charge is 0.502 e. The topological polar surface area (TPSA) is 87.9 Å². The van der Waals surface area contributed by atoms with E-state index in [9.17, 15) is 28.4 Å². The summed E-state index contributed by atoms with van der Waals surface area (Å²) in [7, 11) is 0. The zero-order chi connectivity index (χ0) is 20.3. The number of aromatic hydroxyl groups is 1. The third-order valence-electron chi connectivity index (χ3n) is 4.46. The third kappa shape index (κ3) is 4.70. The molecular formula is C18H18F3N3O4. The minimum Gasteiger partial charge on any atom is -0.502 e. The van der Waals surface area contributed by atoms with Gasteiger partial charge >= 0.3 is 12.0 Å². The van der Waals surface area contributed by atoms with Gasteiger partial charge < -0.3 is 15.2 Å². The maximum absolute atomic E-state index is 12.4. The van der Waals surface area contributed by atoms with Crippen molar-refractivity contribution in [1.82, 2.24) is 10.2 Å². The van der Waals surface area contributed by atoms with E-state index >= 15 is 0 Å². The maximum Gasteiger partial charge on any atom is 0.573 e. The Morgan fingerprint density at radius 3 is 2.29 bits per heavy atom. The van der Waals surface area contributed by atoms with E-state index in [0.717, 1.165) is 0 Å². The van der Waals surface area contributed by atoms with Crippen molar-refractivity contribution in [2.24, 2.45) is 0 Å². The van der Waals surface area contributed by atoms with Crippen molar-refractivity contribution in [2.45, 2.75) is 12.4 Å². The zero-order valence-corrected chi connectivity index (χ0v) is 14.6. The van der Waals surface area contributed by atoms with Gasteiger partial charge in [0.1, 0.15) is 5.75 Å². The molecule has 0 aromatic heterocycles. The van der Waals surface area contributed by atoms with E-state index in [2.05, 4.69) is 15.0 Å². The van der Waals surface area contributed by atoms with Crippen molar-refractivity contribution < 1.29 is 27.9 Å². The lowest BCUT2D eigenvalue weighted by molar-refractivity contribution is -0.385. The van der Waals surface area contributed by atoms with Gasteiger partial charge in [-0.05, 0) is 29.3 Å². The van der Waals surface area contributed by atoms with Gasteiger partial charge in [-0.1, -0.05) is 18.2 Å². The molecule has 1 fully saturated rings. The van der Waals surface area contributed by atoms with Crippen LogP contribution in [0.1, 0.15) is 17.2 Å². The normalized spacial score (nSPS) is 16.5. The standard InChI is InChI=1S/C18H18F3N3O4/c19-18(20,21)28-14-4-1-12(2-5-14)17(23-9-7-22-8-10-23)13-3-6-16(25)15(11-13)24(26)27/h1-6,11,17,22,25H,7-10H2/t17-/m1/s1. The fraction of sp³-hybridized carbons (Fsp3) is 0.333. The molecule has 1 aliphatic heterocycles. The summed E-state index contributed by atoms with van der Waals surface area (Å²) in [5.41, 5.74) is 0.807. The Balaban J connectivity index is 1.98. The molecule has 0 radical (unpaired) electrons. The van der Waals surface area contributed by atoms with Crippen LogP contribution in [0.4, 0.5) is 18.9 Å². The van der Waals surface area contributed by atoms with Gasteiger partial charge in [0.05, 0.1) is 11.0 Å². The van der Waals surface area contributed by atoms with E-state index in [1.165, 1.54) is 36.4 Å². The summed E-state index contributed by atoms with van der Waals surface area (Å²) in [4.78, 5) is 12.6. The number of ether oxygens (including phenoxy) is 1. The molecular weight excluding hydrogens is 379 g/mol. The largest absolute Gasteiger partial charge is 0.573 e. The van der Waals surface area contributed by atoms with Crippen molar-refractivity contribution in [3.63, 3.8) is 0 Å². The second kappa shape index (κ2) is 8.03. The molecule has 1 heterocycles. The lowest BCUT2D eigenvalue weighted by Gasteiger charge is -2.35. The molecule has 150 valence electrons. The first kappa shape index (κ1) is 19.9. The van der Waals surface area contributed by atoms with Crippen molar-refractivity contribution >= 4 is 5.69 Å². The lowest BCUT2D eigenvalue weighted by atomic mass is 9.95. The van der Waals surface area contributed by atoms with Gasteiger partial charge in [-0.2, -0.15) is 0 Å². The number of hydrogen-bond acceptors (Lipinski definition) is 6. The second-order valence-electron chi connectivity index (χ2n) is 6.31. The molecule has 28 heavy (non-hydrogen) atoms. The van der Waals surface area contributed by atoms with Gasteiger partial charge in [-0.25, -0.2) is 0 Å². The molecule has 0 amide bonds. The summed E-state index contributed by atoms with van der Waals surface area (Å²) in [5, 5.41) is 24.1. The molecule has 2 aromatic rings. The molecule has 1 saturated heterocycles. The fourth-order valence-electron chi connectivity index (χ4n) is 3.26. The van der Waals surface area contributed by atoms with Crippen LogP contribution in [0.2, 0.25) is 0 Å². The number of hydrogen-bond donors (Lipinski definition) is 2. The molecule has 10 heteroatoms. The average molecular weight is 397 g/mol. The van der Waals surface area contributed by atoms with Crippen LogP contribution in [0, 0.1) is 10.1 Å². The number of nitro benzene ring substituents is 1. The molecule has 0 spiro atoms. The van der Waals surface area contributed by atoms with Crippen LogP contribution in [-0.2, 0) is 0 Å². The highest BCUT2D eigenvalue weighted by atomic mass is 19.4. The SMILES string of the molecule is O=[N+]([O-])c1cc([C@@H](c2ccc(OC(F)(F)F)cc2)N2CCNCC2)ccc1O. The summed E-state index contributed by atoms with van der Waals surface area (Å²) in [5.74, 6) is -0.784. The maximum atomic E-state index is 12.4. The number of nitrogens with one attached hydrogen (secondary N) is 1. The average Bonchev–Trinajstić information content (AvgIpc) is 2.64. The van der Waals surface area contributed by atoms with Crippen LogP contribution in [0.15, 0.2) is 42.5 Å². The van der Waals surface area contributed by atoms with E-state index in [1.54, 1.807) is 6.07 Å². The molecule has 1 aliphatic rings. The Kier molecular flexibility index (Phi) is 5.71. The number of benzene rings is 2. The van der Waals surface area contributed by atoms with Crippen molar-refractivity contribution in [3.05, 3.63) is 63.7 Å². The van der Waals surface area contributed by atoms with E-state index in [-0.39, 0.29) is 5.75 Å². The summed E-state index contributed by atoms with van der Waals surface area (Å²) >= 11 is 0. The molecule has 0 aliphatic carbocycles. The molecule has 0 saturated carbocycles. The van der Waals surface area contributed by atoms with E-state index in [4.69, 9.17) is 0 Å². The van der Waals surface area contributed by atoms with Crippen molar-refractivity contribution in [1.29, 1.82) is 0 Å². The fourth-order valence-corrected chi connectivity index (χ4v) is 3.26. The predicted molar refractivity (Wildman–Crippen MR) is 94.2 cm³/mol. The monoisotopic (exact) mass is 397 g/mol. The van der Waals surface area contributed by atoms with Crippen LogP contribution in [-0.4, -0.2) is 47.5 Å². The van der Waals surface area contributed by atoms with Crippen molar-refractivity contribution in [2.75, 3.05) is 26.2 Å². The van der Waals surface area contributed by atoms with Crippen LogP contribution in [0.3, 0.4) is 0 Å². The molecule has 7 nitrogen and oxygen atoms in total. The number of nitrogens with zero attached hydrogens (tertiary/aromatic N) is 2. The first-order valence-corrected chi connectivity index (χ1v) is 8.52. The van der Waals surface area contributed by atoms with Crippen LogP contribution in [0.5, 0.6) is 11.5 Å².